The van der Waals surface area contributed by atoms with Gasteiger partial charge >= 0.3 is 84.8 Å². The normalized spacial score (nSPS) is 7.25. The summed E-state index contributed by atoms with van der Waals surface area (Å²) in [7, 11) is -4.67. The summed E-state index contributed by atoms with van der Waals surface area (Å²) in [4.78, 5) is 0. The van der Waals surface area contributed by atoms with Crippen LogP contribution >= 0.6 is 0 Å². The van der Waals surface area contributed by atoms with Gasteiger partial charge in [0.05, 0.1) is 0 Å². The van der Waals surface area contributed by atoms with Crippen LogP contribution in [0.3, 0.4) is 0 Å². The molecule has 0 heterocycles. The first-order chi connectivity index (χ1) is 2.00. The van der Waals surface area contributed by atoms with Gasteiger partial charge in [-0.3, -0.25) is 9.11 Å². The maximum Gasteiger partial charge on any atom is 2.00 e. The number of hydrogen-bond donors (Lipinski definition) is 2. The van der Waals surface area contributed by atoms with Crippen molar-refractivity contribution in [2.75, 3.05) is 0 Å². The Morgan fingerprint density at radius 2 is 1.25 bits per heavy atom. The van der Waals surface area contributed by atoms with Crippen LogP contribution in [0.4, 0.5) is 0 Å². The zero-order valence-corrected chi connectivity index (χ0v) is 9.68. The van der Waals surface area contributed by atoms with Crippen LogP contribution in [0.15, 0.2) is 0 Å². The van der Waals surface area contributed by atoms with Crippen LogP contribution in [-0.4, -0.2) is 46.1 Å². The van der Waals surface area contributed by atoms with Crippen LogP contribution in [0.1, 0.15) is 4.28 Å². The second-order valence-corrected chi connectivity index (χ2v) is 1.34. The van der Waals surface area contributed by atoms with E-state index in [1.807, 2.05) is 0 Å². The first-order valence-electron chi connectivity index (χ1n) is 0.698. The molecule has 8 heavy (non-hydrogen) atoms. The third-order valence-corrected chi connectivity index (χ3v) is 0. The van der Waals surface area contributed by atoms with Gasteiger partial charge in [-0.15, -0.1) is 0 Å². The molecule has 0 aromatic carbocycles. The summed E-state index contributed by atoms with van der Waals surface area (Å²) in [6, 6.07) is 0. The fourth-order valence-corrected chi connectivity index (χ4v) is 0. The van der Waals surface area contributed by atoms with Crippen molar-refractivity contribution >= 4 is 33.5 Å². The second kappa shape index (κ2) is 9.23. The van der Waals surface area contributed by atoms with Crippen LogP contribution in [0.5, 0.6) is 0 Å². The first kappa shape index (κ1) is 22.5. The first-order valence-corrected chi connectivity index (χ1v) is 2.10. The van der Waals surface area contributed by atoms with Gasteiger partial charge in [0.25, 0.3) is 0 Å². The van der Waals surface area contributed by atoms with Crippen molar-refractivity contribution in [2.45, 2.75) is 0 Å². The van der Waals surface area contributed by atoms with Crippen LogP contribution in [-0.2, 0) is 10.4 Å². The van der Waals surface area contributed by atoms with E-state index in [2.05, 4.69) is 0 Å². The van der Waals surface area contributed by atoms with Crippen LogP contribution in [0, 0.1) is 0 Å². The van der Waals surface area contributed by atoms with Crippen molar-refractivity contribution < 1.29 is 78.7 Å². The van der Waals surface area contributed by atoms with Gasteiger partial charge in [0.2, 0.25) is 0 Å². The zero-order valence-electron chi connectivity index (χ0n) is 7.33. The molecule has 0 aromatic heterocycles. The summed E-state index contributed by atoms with van der Waals surface area (Å²) in [5.74, 6) is 0. The van der Waals surface area contributed by atoms with Gasteiger partial charge in [0.1, 0.15) is 0 Å². The molecule has 0 amide bonds. The van der Waals surface area contributed by atoms with E-state index in [9.17, 15) is 0 Å². The largest absolute Gasteiger partial charge is 2.00 e. The molecule has 8 heteroatoms. The zero-order chi connectivity index (χ0) is 4.50. The quantitative estimate of drug-likeness (QED) is 0.291. The Kier molecular flexibility index (Phi) is 25.9. The van der Waals surface area contributed by atoms with Gasteiger partial charge in [-0.2, -0.15) is 8.42 Å². The molecule has 0 aliphatic rings. The standard InChI is InChI=1S/K.Mg.H2O4S.H2O.3H/c;;1-5(2,3)4;;;;/h;;(H2,1,2,3,4);1H2;;;/q+1;+2;;;3*-1. The monoisotopic (exact) mass is 182 g/mol. The average Bonchev–Trinajstić information content (AvgIpc) is 0.722. The summed E-state index contributed by atoms with van der Waals surface area (Å²) in [6.45, 7) is 0. The SMILES string of the molecule is O.O=S(=O)(O)O.[H-].[H-].[H-].[K+].[Mg+2]. The Bertz CT molecular complexity index is 105. The van der Waals surface area contributed by atoms with E-state index in [0.29, 0.717) is 0 Å². The fraction of sp³-hybridized carbons (Fsp3) is 0. The smallest absolute Gasteiger partial charge is 1.00 e. The van der Waals surface area contributed by atoms with Crippen LogP contribution in [0.2, 0.25) is 0 Å². The fourth-order valence-electron chi connectivity index (χ4n) is 0. The maximum absolute atomic E-state index is 8.74. The summed E-state index contributed by atoms with van der Waals surface area (Å²) in [5, 5.41) is 0. The van der Waals surface area contributed by atoms with Gasteiger partial charge in [-0.25, -0.2) is 0 Å². The minimum absolute atomic E-state index is 0. The predicted molar refractivity (Wildman–Crippen MR) is 26.9 cm³/mol. The second-order valence-electron chi connectivity index (χ2n) is 0.448. The molecule has 0 saturated heterocycles. The molecular formula is H7KMgO5S. The van der Waals surface area contributed by atoms with Gasteiger partial charge in [0, 0.05) is 0 Å². The Balaban J connectivity index is -0.00000000533. The van der Waals surface area contributed by atoms with E-state index in [1.54, 1.807) is 0 Å². The van der Waals surface area contributed by atoms with Gasteiger partial charge < -0.3 is 9.76 Å². The molecule has 0 rings (SSSR count). The van der Waals surface area contributed by atoms with E-state index in [1.165, 1.54) is 0 Å². The molecule has 0 spiro atoms. The molecule has 0 saturated carbocycles. The molecule has 0 aliphatic carbocycles. The number of hydrogen-bond acceptors (Lipinski definition) is 2. The summed E-state index contributed by atoms with van der Waals surface area (Å²) in [5.41, 5.74) is 0. The van der Waals surface area contributed by atoms with Crippen molar-refractivity contribution in [3.8, 4) is 0 Å². The Morgan fingerprint density at radius 3 is 1.25 bits per heavy atom. The topological polar surface area (TPSA) is 106 Å². The molecule has 5 nitrogen and oxygen atoms in total. The predicted octanol–water partition coefficient (Wildman–Crippen LogP) is -4.52. The average molecular weight is 183 g/mol. The van der Waals surface area contributed by atoms with E-state index >= 15 is 0 Å². The molecule has 46 valence electrons. The van der Waals surface area contributed by atoms with Gasteiger partial charge in [-0.05, 0) is 0 Å². The van der Waals surface area contributed by atoms with Crippen molar-refractivity contribution in [3.05, 3.63) is 0 Å². The number of rotatable bonds is 0. The molecule has 0 aromatic rings. The molecule has 0 atom stereocenters. The molecule has 0 unspecified atom stereocenters. The molecule has 0 radical (unpaired) electrons. The molecule has 0 bridgehead atoms. The molecule has 4 N–H and O–H groups in total. The van der Waals surface area contributed by atoms with Gasteiger partial charge in [-0.1, -0.05) is 0 Å². The minimum Gasteiger partial charge on any atom is -1.00 e. The molecule has 0 fully saturated rings. The summed E-state index contributed by atoms with van der Waals surface area (Å²) < 4.78 is 31.6. The van der Waals surface area contributed by atoms with Crippen molar-refractivity contribution in [2.24, 2.45) is 0 Å². The van der Waals surface area contributed by atoms with Crippen molar-refractivity contribution in [1.29, 1.82) is 0 Å². The third kappa shape index (κ3) is 86.4. The van der Waals surface area contributed by atoms with Crippen molar-refractivity contribution in [1.82, 2.24) is 0 Å². The third-order valence-electron chi connectivity index (χ3n) is 0. The Hall–Kier alpha value is 2.23. The van der Waals surface area contributed by atoms with E-state index in [4.69, 9.17) is 17.5 Å². The summed E-state index contributed by atoms with van der Waals surface area (Å²) in [6.07, 6.45) is 0. The van der Waals surface area contributed by atoms with E-state index < -0.39 is 10.4 Å². The molecule has 0 aliphatic heterocycles. The van der Waals surface area contributed by atoms with Crippen molar-refractivity contribution in [3.63, 3.8) is 0 Å². The summed E-state index contributed by atoms with van der Waals surface area (Å²) >= 11 is 0. The van der Waals surface area contributed by atoms with Gasteiger partial charge in [0.15, 0.2) is 0 Å². The molecular weight excluding hydrogens is 175 g/mol. The maximum atomic E-state index is 8.74. The Morgan fingerprint density at radius 1 is 1.25 bits per heavy atom. The Labute approximate surface area is 110 Å². The van der Waals surface area contributed by atoms with E-state index in [-0.39, 0.29) is 84.2 Å². The van der Waals surface area contributed by atoms with Crippen LogP contribution < -0.4 is 51.4 Å². The minimum atomic E-state index is -4.67. The van der Waals surface area contributed by atoms with E-state index in [0.717, 1.165) is 0 Å². The van der Waals surface area contributed by atoms with Crippen LogP contribution in [0.25, 0.3) is 0 Å².